The summed E-state index contributed by atoms with van der Waals surface area (Å²) in [4.78, 5) is 55.3. The summed E-state index contributed by atoms with van der Waals surface area (Å²) in [5.74, 6) is -1.10. The molecule has 0 aromatic carbocycles. The minimum atomic E-state index is -0.733. The van der Waals surface area contributed by atoms with Gasteiger partial charge in [-0.2, -0.15) is 5.06 Å². The average Bonchev–Trinajstić information content (AvgIpc) is 2.88. The third-order valence-corrected chi connectivity index (χ3v) is 4.47. The molecular formula is C18H31N5O6. The fourth-order valence-corrected chi connectivity index (χ4v) is 3.10. The smallest absolute Gasteiger partial charge is 0.408 e. The van der Waals surface area contributed by atoms with Gasteiger partial charge >= 0.3 is 12.1 Å². The molecule has 2 bridgehead atoms. The van der Waals surface area contributed by atoms with E-state index in [9.17, 15) is 19.2 Å². The summed E-state index contributed by atoms with van der Waals surface area (Å²) in [6, 6.07) is -1.07. The van der Waals surface area contributed by atoms with E-state index >= 15 is 0 Å². The second-order valence-corrected chi connectivity index (χ2v) is 8.09. The van der Waals surface area contributed by atoms with Gasteiger partial charge in [-0.3, -0.25) is 25.3 Å². The van der Waals surface area contributed by atoms with Crippen molar-refractivity contribution in [1.29, 1.82) is 0 Å². The zero-order valence-corrected chi connectivity index (χ0v) is 17.4. The topological polar surface area (TPSA) is 129 Å². The Morgan fingerprint density at radius 2 is 1.90 bits per heavy atom. The molecule has 0 unspecified atom stereocenters. The van der Waals surface area contributed by atoms with Crippen molar-refractivity contribution in [3.63, 3.8) is 0 Å². The van der Waals surface area contributed by atoms with Crippen LogP contribution in [-0.4, -0.2) is 71.3 Å². The molecule has 2 aliphatic heterocycles. The predicted octanol–water partition coefficient (Wildman–Crippen LogP) is 0.659. The van der Waals surface area contributed by atoms with Crippen LogP contribution in [0.3, 0.4) is 0 Å². The van der Waals surface area contributed by atoms with Crippen molar-refractivity contribution < 1.29 is 28.8 Å². The van der Waals surface area contributed by atoms with Crippen LogP contribution in [0.4, 0.5) is 9.59 Å². The van der Waals surface area contributed by atoms with Gasteiger partial charge in [0, 0.05) is 6.54 Å². The van der Waals surface area contributed by atoms with Crippen molar-refractivity contribution in [3.8, 4) is 0 Å². The van der Waals surface area contributed by atoms with Crippen LogP contribution < -0.4 is 16.2 Å². The van der Waals surface area contributed by atoms with Crippen LogP contribution in [0.15, 0.2) is 0 Å². The molecule has 164 valence electrons. The number of ether oxygens (including phenoxy) is 1. The summed E-state index contributed by atoms with van der Waals surface area (Å²) in [5, 5.41) is 3.66. The maximum Gasteiger partial charge on any atom is 0.408 e. The molecular weight excluding hydrogens is 382 g/mol. The number of rotatable bonds is 7. The van der Waals surface area contributed by atoms with Crippen LogP contribution >= 0.6 is 0 Å². The van der Waals surface area contributed by atoms with Gasteiger partial charge in [0.05, 0.1) is 12.6 Å². The number of piperidine rings is 1. The minimum Gasteiger partial charge on any atom is -0.444 e. The number of hydrogen-bond donors (Lipinski definition) is 3. The molecule has 29 heavy (non-hydrogen) atoms. The SMILES string of the molecule is CCCCON1C(=O)N2C[C@@H]1CC[C@H]2C(=O)NNC(=O)CNC(=O)OC(C)(C)C. The number of hydroxylamine groups is 2. The highest BCUT2D eigenvalue weighted by Gasteiger charge is 2.47. The Kier molecular flexibility index (Phi) is 7.66. The molecule has 2 fully saturated rings. The standard InChI is InChI=1S/C18H31N5O6/c1-5-6-9-28-23-12-7-8-13(22(11-12)17(23)27)15(25)21-20-14(24)10-19-16(26)29-18(2,3)4/h12-13H,5-11H2,1-4H3,(H,19,26)(H,20,24)(H,21,25)/t12-,13-/m0/s1. The molecule has 5 amide bonds. The van der Waals surface area contributed by atoms with Gasteiger partial charge in [-0.15, -0.1) is 0 Å². The number of urea groups is 1. The van der Waals surface area contributed by atoms with E-state index in [4.69, 9.17) is 9.57 Å². The molecule has 2 heterocycles. The Morgan fingerprint density at radius 1 is 1.17 bits per heavy atom. The lowest BCUT2D eigenvalue weighted by Gasteiger charge is -2.29. The Labute approximate surface area is 170 Å². The van der Waals surface area contributed by atoms with Crippen molar-refractivity contribution in [2.24, 2.45) is 0 Å². The fourth-order valence-electron chi connectivity index (χ4n) is 3.10. The lowest BCUT2D eigenvalue weighted by atomic mass is 10.0. The van der Waals surface area contributed by atoms with E-state index in [1.54, 1.807) is 20.8 Å². The number of unbranched alkanes of at least 4 members (excludes halogenated alkanes) is 1. The van der Waals surface area contributed by atoms with Crippen LogP contribution in [-0.2, 0) is 19.2 Å². The summed E-state index contributed by atoms with van der Waals surface area (Å²) < 4.78 is 5.02. The molecule has 11 heteroatoms. The van der Waals surface area contributed by atoms with Gasteiger partial charge in [-0.1, -0.05) is 13.3 Å². The summed E-state index contributed by atoms with van der Waals surface area (Å²) in [6.45, 7) is 7.67. The maximum atomic E-state index is 12.5. The molecule has 0 aromatic rings. The van der Waals surface area contributed by atoms with E-state index in [-0.39, 0.29) is 18.6 Å². The zero-order valence-electron chi connectivity index (χ0n) is 17.4. The zero-order chi connectivity index (χ0) is 21.6. The van der Waals surface area contributed by atoms with Crippen LogP contribution in [0.1, 0.15) is 53.4 Å². The third kappa shape index (κ3) is 6.48. The van der Waals surface area contributed by atoms with Crippen LogP contribution in [0.2, 0.25) is 0 Å². The predicted molar refractivity (Wildman–Crippen MR) is 102 cm³/mol. The molecule has 0 aromatic heterocycles. The number of nitrogens with zero attached hydrogens (tertiary/aromatic N) is 2. The monoisotopic (exact) mass is 413 g/mol. The van der Waals surface area contributed by atoms with Crippen LogP contribution in [0.5, 0.6) is 0 Å². The largest absolute Gasteiger partial charge is 0.444 e. The highest BCUT2D eigenvalue weighted by Crippen LogP contribution is 2.30. The molecule has 11 nitrogen and oxygen atoms in total. The number of hydrazine groups is 1. The number of hydrogen-bond acceptors (Lipinski definition) is 6. The van der Waals surface area contributed by atoms with Crippen molar-refractivity contribution >= 4 is 23.9 Å². The van der Waals surface area contributed by atoms with E-state index in [0.717, 1.165) is 12.8 Å². The molecule has 0 radical (unpaired) electrons. The second kappa shape index (κ2) is 9.77. The summed E-state index contributed by atoms with van der Waals surface area (Å²) in [7, 11) is 0. The number of carbonyl (C=O) groups excluding carboxylic acids is 4. The molecule has 0 spiro atoms. The van der Waals surface area contributed by atoms with Crippen LogP contribution in [0, 0.1) is 0 Å². The Bertz CT molecular complexity index is 635. The first kappa shape index (κ1) is 22.7. The molecule has 2 saturated heterocycles. The highest BCUT2D eigenvalue weighted by atomic mass is 16.7. The number of nitrogens with one attached hydrogen (secondary N) is 3. The van der Waals surface area contributed by atoms with Gasteiger partial charge in [-0.25, -0.2) is 9.59 Å². The third-order valence-electron chi connectivity index (χ3n) is 4.47. The van der Waals surface area contributed by atoms with Crippen molar-refractivity contribution in [1.82, 2.24) is 26.1 Å². The molecule has 3 N–H and O–H groups in total. The molecule has 2 rings (SSSR count). The van der Waals surface area contributed by atoms with E-state index in [1.165, 1.54) is 9.96 Å². The quantitative estimate of drug-likeness (QED) is 0.415. The summed E-state index contributed by atoms with van der Waals surface area (Å²) in [5.41, 5.74) is 3.87. The van der Waals surface area contributed by atoms with Gasteiger partial charge in [0.15, 0.2) is 0 Å². The van der Waals surface area contributed by atoms with E-state index in [0.29, 0.717) is 26.0 Å². The first-order chi connectivity index (χ1) is 13.6. The summed E-state index contributed by atoms with van der Waals surface area (Å²) >= 11 is 0. The average molecular weight is 413 g/mol. The Hall–Kier alpha value is -2.56. The van der Waals surface area contributed by atoms with Gasteiger partial charge in [0.25, 0.3) is 11.8 Å². The normalized spacial score (nSPS) is 21.0. The first-order valence-electron chi connectivity index (χ1n) is 9.90. The number of alkyl carbamates (subject to hydrolysis) is 1. The first-order valence-corrected chi connectivity index (χ1v) is 9.90. The van der Waals surface area contributed by atoms with E-state index < -0.39 is 29.6 Å². The molecule has 0 saturated carbocycles. The van der Waals surface area contributed by atoms with Crippen LogP contribution in [0.25, 0.3) is 0 Å². The van der Waals surface area contributed by atoms with Crippen molar-refractivity contribution in [2.45, 2.75) is 71.1 Å². The Morgan fingerprint density at radius 3 is 2.55 bits per heavy atom. The number of amides is 5. The lowest BCUT2D eigenvalue weighted by Crippen LogP contribution is -2.55. The van der Waals surface area contributed by atoms with Crippen molar-refractivity contribution in [2.75, 3.05) is 19.7 Å². The molecule has 2 atom stereocenters. The summed E-state index contributed by atoms with van der Waals surface area (Å²) in [6.07, 6.45) is 2.19. The van der Waals surface area contributed by atoms with E-state index in [2.05, 4.69) is 16.2 Å². The van der Waals surface area contributed by atoms with Gasteiger partial charge < -0.3 is 15.0 Å². The minimum absolute atomic E-state index is 0.0592. The Balaban J connectivity index is 1.76. The number of fused-ring (bicyclic) bond motifs is 2. The molecule has 2 aliphatic rings. The van der Waals surface area contributed by atoms with Gasteiger partial charge in [0.1, 0.15) is 18.2 Å². The van der Waals surface area contributed by atoms with Gasteiger partial charge in [-0.05, 0) is 40.0 Å². The second-order valence-electron chi connectivity index (χ2n) is 8.09. The van der Waals surface area contributed by atoms with Crippen molar-refractivity contribution in [3.05, 3.63) is 0 Å². The number of carbonyl (C=O) groups is 4. The fraction of sp³-hybridized carbons (Fsp3) is 0.778. The molecule has 0 aliphatic carbocycles. The maximum absolute atomic E-state index is 12.5. The lowest BCUT2D eigenvalue weighted by molar-refractivity contribution is -0.132. The van der Waals surface area contributed by atoms with E-state index in [1.807, 2.05) is 6.92 Å². The highest BCUT2D eigenvalue weighted by molar-refractivity contribution is 5.90. The van der Waals surface area contributed by atoms with Gasteiger partial charge in [0.2, 0.25) is 0 Å².